The predicted molar refractivity (Wildman–Crippen MR) is 115 cm³/mol. The second-order valence-electron chi connectivity index (χ2n) is 8.55. The minimum absolute atomic E-state index is 0.0743. The lowest BCUT2D eigenvalue weighted by Gasteiger charge is -2.34. The van der Waals surface area contributed by atoms with Crippen molar-refractivity contribution in [2.75, 3.05) is 13.1 Å². The molecule has 0 aliphatic carbocycles. The summed E-state index contributed by atoms with van der Waals surface area (Å²) in [5.41, 5.74) is 1.77. The van der Waals surface area contributed by atoms with E-state index in [1.165, 1.54) is 4.31 Å². The third-order valence-electron chi connectivity index (χ3n) is 5.36. The number of piperidine rings is 1. The molecule has 1 saturated heterocycles. The monoisotopic (exact) mass is 414 g/mol. The van der Waals surface area contributed by atoms with Crippen LogP contribution in [0.15, 0.2) is 59.5 Å². The molecule has 1 amide bonds. The zero-order chi connectivity index (χ0) is 21.1. The number of rotatable bonds is 6. The van der Waals surface area contributed by atoms with Crippen LogP contribution in [0.4, 0.5) is 0 Å². The van der Waals surface area contributed by atoms with Crippen LogP contribution in [0.2, 0.25) is 0 Å². The van der Waals surface area contributed by atoms with E-state index in [2.05, 4.69) is 5.32 Å². The summed E-state index contributed by atoms with van der Waals surface area (Å²) >= 11 is 0. The zero-order valence-corrected chi connectivity index (χ0v) is 18.2. The van der Waals surface area contributed by atoms with Crippen LogP contribution in [0.25, 0.3) is 0 Å². The van der Waals surface area contributed by atoms with Gasteiger partial charge in [0.1, 0.15) is 0 Å². The van der Waals surface area contributed by atoms with Crippen molar-refractivity contribution in [1.29, 1.82) is 0 Å². The Morgan fingerprint density at radius 3 is 2.41 bits per heavy atom. The van der Waals surface area contributed by atoms with Crippen molar-refractivity contribution in [2.45, 2.75) is 50.5 Å². The van der Waals surface area contributed by atoms with Crippen LogP contribution in [-0.4, -0.2) is 37.3 Å². The normalized spacial score (nSPS) is 18.4. The Kier molecular flexibility index (Phi) is 6.44. The van der Waals surface area contributed by atoms with E-state index in [9.17, 15) is 13.2 Å². The van der Waals surface area contributed by atoms with Crippen molar-refractivity contribution < 1.29 is 13.2 Å². The molecule has 0 radical (unpaired) electrons. The molecule has 6 heteroatoms. The van der Waals surface area contributed by atoms with Gasteiger partial charge in [-0.2, -0.15) is 4.31 Å². The fourth-order valence-electron chi connectivity index (χ4n) is 3.82. The Labute approximate surface area is 174 Å². The lowest BCUT2D eigenvalue weighted by atomic mass is 9.92. The molecule has 5 nitrogen and oxygen atoms in total. The molecule has 1 aliphatic heterocycles. The third kappa shape index (κ3) is 5.46. The third-order valence-corrected chi connectivity index (χ3v) is 7.24. The predicted octanol–water partition coefficient (Wildman–Crippen LogP) is 3.53. The number of hydrogen-bond donors (Lipinski definition) is 1. The van der Waals surface area contributed by atoms with E-state index < -0.39 is 15.6 Å². The Bertz CT molecular complexity index is 938. The highest BCUT2D eigenvalue weighted by Gasteiger charge is 2.34. The Morgan fingerprint density at radius 2 is 1.76 bits per heavy atom. The van der Waals surface area contributed by atoms with E-state index in [0.29, 0.717) is 19.4 Å². The summed E-state index contributed by atoms with van der Waals surface area (Å²) in [6, 6.07) is 16.9. The van der Waals surface area contributed by atoms with Gasteiger partial charge in [0.2, 0.25) is 15.9 Å². The summed E-state index contributed by atoms with van der Waals surface area (Å²) in [6.45, 7) is 6.61. The van der Waals surface area contributed by atoms with Crippen LogP contribution >= 0.6 is 0 Å². The van der Waals surface area contributed by atoms with Crippen molar-refractivity contribution in [2.24, 2.45) is 5.92 Å². The standard InChI is InChI=1S/C23H30N2O3S/c1-18-11-13-21(14-12-18)29(27,28)25-15-7-10-20(17-25)22(26)24-23(2,3)16-19-8-5-4-6-9-19/h4-6,8-9,11-14,20H,7,10,15-17H2,1-3H3,(H,24,26)/t20-/m1/s1. The van der Waals surface area contributed by atoms with E-state index in [1.54, 1.807) is 24.3 Å². The van der Waals surface area contributed by atoms with Crippen molar-refractivity contribution in [3.8, 4) is 0 Å². The van der Waals surface area contributed by atoms with Gasteiger partial charge < -0.3 is 5.32 Å². The number of sulfonamides is 1. The number of carbonyl (C=O) groups excluding carboxylic acids is 1. The number of nitrogens with zero attached hydrogens (tertiary/aromatic N) is 1. The maximum Gasteiger partial charge on any atom is 0.243 e. The van der Waals surface area contributed by atoms with Crippen LogP contribution in [-0.2, 0) is 21.2 Å². The maximum absolute atomic E-state index is 13.0. The van der Waals surface area contributed by atoms with Gasteiger partial charge in [0.25, 0.3) is 0 Å². The molecule has 2 aromatic rings. The van der Waals surface area contributed by atoms with E-state index in [-0.39, 0.29) is 23.3 Å². The van der Waals surface area contributed by atoms with Crippen molar-refractivity contribution in [3.05, 3.63) is 65.7 Å². The highest BCUT2D eigenvalue weighted by atomic mass is 32.2. The lowest BCUT2D eigenvalue weighted by Crippen LogP contribution is -2.51. The molecule has 1 aliphatic rings. The molecule has 3 rings (SSSR count). The number of hydrogen-bond acceptors (Lipinski definition) is 3. The van der Waals surface area contributed by atoms with Gasteiger partial charge in [-0.05, 0) is 57.7 Å². The second-order valence-corrected chi connectivity index (χ2v) is 10.5. The summed E-state index contributed by atoms with van der Waals surface area (Å²) in [5.74, 6) is -0.409. The molecule has 1 atom stereocenters. The topological polar surface area (TPSA) is 66.5 Å². The lowest BCUT2D eigenvalue weighted by molar-refractivity contribution is -0.127. The van der Waals surface area contributed by atoms with Crippen molar-refractivity contribution in [1.82, 2.24) is 9.62 Å². The average molecular weight is 415 g/mol. The molecular formula is C23H30N2O3S. The molecule has 1 heterocycles. The summed E-state index contributed by atoms with van der Waals surface area (Å²) in [4.78, 5) is 13.2. The maximum atomic E-state index is 13.0. The molecule has 29 heavy (non-hydrogen) atoms. The largest absolute Gasteiger partial charge is 0.351 e. The number of benzene rings is 2. The minimum Gasteiger partial charge on any atom is -0.351 e. The Morgan fingerprint density at radius 1 is 1.10 bits per heavy atom. The molecule has 0 unspecified atom stereocenters. The van der Waals surface area contributed by atoms with Crippen LogP contribution < -0.4 is 5.32 Å². The van der Waals surface area contributed by atoms with E-state index in [4.69, 9.17) is 0 Å². The summed E-state index contributed by atoms with van der Waals surface area (Å²) in [7, 11) is -3.58. The Hall–Kier alpha value is -2.18. The van der Waals surface area contributed by atoms with Gasteiger partial charge in [0.15, 0.2) is 0 Å². The molecule has 0 spiro atoms. The first kappa shape index (κ1) is 21.5. The smallest absolute Gasteiger partial charge is 0.243 e. The minimum atomic E-state index is -3.58. The molecule has 0 saturated carbocycles. The number of amides is 1. The highest BCUT2D eigenvalue weighted by Crippen LogP contribution is 2.25. The van der Waals surface area contributed by atoms with Gasteiger partial charge in [-0.1, -0.05) is 48.0 Å². The van der Waals surface area contributed by atoms with Gasteiger partial charge in [-0.15, -0.1) is 0 Å². The fraction of sp³-hybridized carbons (Fsp3) is 0.435. The summed E-state index contributed by atoms with van der Waals surface area (Å²) in [5, 5.41) is 3.13. The average Bonchev–Trinajstić information content (AvgIpc) is 2.68. The van der Waals surface area contributed by atoms with Gasteiger partial charge >= 0.3 is 0 Å². The highest BCUT2D eigenvalue weighted by molar-refractivity contribution is 7.89. The quantitative estimate of drug-likeness (QED) is 0.786. The first-order chi connectivity index (χ1) is 13.7. The summed E-state index contributed by atoms with van der Waals surface area (Å²) < 4.78 is 27.4. The van der Waals surface area contributed by atoms with E-state index >= 15 is 0 Å². The van der Waals surface area contributed by atoms with Crippen molar-refractivity contribution in [3.63, 3.8) is 0 Å². The van der Waals surface area contributed by atoms with Crippen LogP contribution in [0.3, 0.4) is 0 Å². The van der Waals surface area contributed by atoms with Gasteiger partial charge in [-0.3, -0.25) is 4.79 Å². The number of carbonyl (C=O) groups is 1. The number of aryl methyl sites for hydroxylation is 1. The van der Waals surface area contributed by atoms with Crippen molar-refractivity contribution >= 4 is 15.9 Å². The molecule has 1 fully saturated rings. The molecular weight excluding hydrogens is 384 g/mol. The van der Waals surface area contributed by atoms with E-state index in [0.717, 1.165) is 17.5 Å². The zero-order valence-electron chi connectivity index (χ0n) is 17.4. The van der Waals surface area contributed by atoms with Crippen LogP contribution in [0, 0.1) is 12.8 Å². The van der Waals surface area contributed by atoms with Gasteiger partial charge in [0, 0.05) is 18.6 Å². The van der Waals surface area contributed by atoms with Gasteiger partial charge in [-0.25, -0.2) is 8.42 Å². The first-order valence-corrected chi connectivity index (χ1v) is 11.5. The van der Waals surface area contributed by atoms with Crippen LogP contribution in [0.5, 0.6) is 0 Å². The molecule has 0 bridgehead atoms. The SMILES string of the molecule is Cc1ccc(S(=O)(=O)N2CCC[C@@H](C(=O)NC(C)(C)Cc3ccccc3)C2)cc1. The second kappa shape index (κ2) is 8.67. The van der Waals surface area contributed by atoms with Crippen LogP contribution in [0.1, 0.15) is 37.8 Å². The first-order valence-electron chi connectivity index (χ1n) is 10.1. The Balaban J connectivity index is 1.66. The molecule has 156 valence electrons. The molecule has 0 aromatic heterocycles. The fourth-order valence-corrected chi connectivity index (χ4v) is 5.34. The van der Waals surface area contributed by atoms with E-state index in [1.807, 2.05) is 51.1 Å². The van der Waals surface area contributed by atoms with Gasteiger partial charge in [0.05, 0.1) is 10.8 Å². The molecule has 1 N–H and O–H groups in total. The summed E-state index contributed by atoms with van der Waals surface area (Å²) in [6.07, 6.45) is 2.10. The number of nitrogens with one attached hydrogen (secondary N) is 1. The molecule has 2 aromatic carbocycles.